The number of amides is 1. The number of hydrogen-bond acceptors (Lipinski definition) is 8. The maximum atomic E-state index is 14.1. The van der Waals surface area contributed by atoms with Crippen LogP contribution in [0.25, 0.3) is 0 Å². The van der Waals surface area contributed by atoms with Crippen molar-refractivity contribution in [3.05, 3.63) is 89.0 Å². The van der Waals surface area contributed by atoms with E-state index >= 15 is 0 Å². The van der Waals surface area contributed by atoms with Crippen LogP contribution in [-0.2, 0) is 26.5 Å². The molecular weight excluding hydrogens is 641 g/mol. The van der Waals surface area contributed by atoms with Crippen molar-refractivity contribution >= 4 is 37.3 Å². The lowest BCUT2D eigenvalue weighted by Crippen LogP contribution is -2.62. The molecule has 0 radical (unpaired) electrons. The van der Waals surface area contributed by atoms with Crippen LogP contribution in [0.1, 0.15) is 28.4 Å². The topological polar surface area (TPSA) is 148 Å². The second-order valence-corrected chi connectivity index (χ2v) is 15.3. The number of anilines is 2. The Kier molecular flexibility index (Phi) is 11.0. The van der Waals surface area contributed by atoms with Crippen molar-refractivity contribution in [3.63, 3.8) is 0 Å². The minimum atomic E-state index is -3.91. The van der Waals surface area contributed by atoms with Crippen molar-refractivity contribution in [1.82, 2.24) is 14.9 Å². The van der Waals surface area contributed by atoms with E-state index in [0.717, 1.165) is 28.3 Å². The van der Waals surface area contributed by atoms with E-state index in [9.17, 15) is 35.5 Å². The van der Waals surface area contributed by atoms with Crippen LogP contribution in [0.2, 0.25) is 0 Å². The van der Waals surface area contributed by atoms with Crippen LogP contribution in [0.4, 0.5) is 20.2 Å². The van der Waals surface area contributed by atoms with Crippen molar-refractivity contribution in [1.29, 1.82) is 0 Å². The molecule has 0 aliphatic carbocycles. The summed E-state index contributed by atoms with van der Waals surface area (Å²) in [5, 5.41) is 20.5. The van der Waals surface area contributed by atoms with Gasteiger partial charge in [-0.1, -0.05) is 12.1 Å². The lowest BCUT2D eigenvalue weighted by atomic mass is 9.94. The van der Waals surface area contributed by atoms with Crippen LogP contribution in [0.5, 0.6) is 0 Å². The number of aliphatic hydroxyl groups excluding tert-OH is 1. The Balaban J connectivity index is 1.66. The van der Waals surface area contributed by atoms with E-state index in [2.05, 4.69) is 16.0 Å². The summed E-state index contributed by atoms with van der Waals surface area (Å²) in [4.78, 5) is 13.8. The highest BCUT2D eigenvalue weighted by atomic mass is 32.2. The van der Waals surface area contributed by atoms with Crippen molar-refractivity contribution in [2.75, 3.05) is 49.1 Å². The average Bonchev–Trinajstić information content (AvgIpc) is 2.99. The molecule has 3 atom stereocenters. The van der Waals surface area contributed by atoms with Gasteiger partial charge in [0.15, 0.2) is 0 Å². The number of sulfonamides is 2. The lowest BCUT2D eigenvalue weighted by Gasteiger charge is -2.38. The molecule has 1 aliphatic rings. The Morgan fingerprint density at radius 3 is 2.41 bits per heavy atom. The third-order valence-electron chi connectivity index (χ3n) is 7.74. The van der Waals surface area contributed by atoms with Gasteiger partial charge < -0.3 is 21.1 Å². The molecular formula is C31H39F2N5O6S2. The highest BCUT2D eigenvalue weighted by molar-refractivity contribution is 7.92. The first-order valence-electron chi connectivity index (χ1n) is 14.7. The standard InChI is InChI=1S/C31H39F2N5O6S2/c1-5-34-25-15-22(16-26(18-25)37(3)45(4,41)42)31(40)36-28(14-21-12-23(32)17-24(33)13-21)30(39)29-19-38(10-9-35-29)46(43,44)27-8-6-7-20(2)11-27/h6-8,11-13,15-18,28-30,34-35,39H,5,9-10,14,19H2,1-4H3,(H,36,40)/t28-,29+,30-/m0/s1. The van der Waals surface area contributed by atoms with Crippen LogP contribution in [0.15, 0.2) is 65.6 Å². The van der Waals surface area contributed by atoms with Crippen LogP contribution in [-0.4, -0.2) is 89.8 Å². The van der Waals surface area contributed by atoms with Gasteiger partial charge in [0.25, 0.3) is 5.91 Å². The molecule has 4 rings (SSSR count). The summed E-state index contributed by atoms with van der Waals surface area (Å²) in [6.45, 7) is 4.29. The smallest absolute Gasteiger partial charge is 0.251 e. The minimum absolute atomic E-state index is 0.0619. The number of halogens is 2. The van der Waals surface area contributed by atoms with Crippen molar-refractivity contribution in [3.8, 4) is 0 Å². The SMILES string of the molecule is CCNc1cc(C(=O)N[C@@H](Cc2cc(F)cc(F)c2)[C@H](O)[C@H]2CN(S(=O)(=O)c3cccc(C)c3)CCN2)cc(N(C)S(C)(=O)=O)c1. The molecule has 46 heavy (non-hydrogen) atoms. The predicted octanol–water partition coefficient (Wildman–Crippen LogP) is 2.47. The van der Waals surface area contributed by atoms with Crippen LogP contribution in [0, 0.1) is 18.6 Å². The first-order valence-corrected chi connectivity index (χ1v) is 17.9. The first kappa shape index (κ1) is 35.2. The molecule has 0 saturated carbocycles. The Morgan fingerprint density at radius 2 is 1.78 bits per heavy atom. The lowest BCUT2D eigenvalue weighted by molar-refractivity contribution is 0.0600. The average molecular weight is 680 g/mol. The number of hydrogen-bond donors (Lipinski definition) is 4. The van der Waals surface area contributed by atoms with Gasteiger partial charge in [-0.2, -0.15) is 4.31 Å². The number of rotatable bonds is 12. The van der Waals surface area contributed by atoms with Crippen molar-refractivity contribution in [2.45, 2.75) is 43.4 Å². The van der Waals surface area contributed by atoms with Gasteiger partial charge in [0.2, 0.25) is 20.0 Å². The van der Waals surface area contributed by atoms with Gasteiger partial charge in [-0.05, 0) is 73.9 Å². The number of benzene rings is 3. The van der Waals surface area contributed by atoms with E-state index in [4.69, 9.17) is 0 Å². The van der Waals surface area contributed by atoms with E-state index < -0.39 is 55.8 Å². The number of nitrogens with zero attached hydrogens (tertiary/aromatic N) is 2. The molecule has 4 N–H and O–H groups in total. The maximum absolute atomic E-state index is 14.1. The van der Waals surface area contributed by atoms with E-state index in [1.165, 1.54) is 29.6 Å². The number of aryl methyl sites for hydroxylation is 1. The second-order valence-electron chi connectivity index (χ2n) is 11.3. The molecule has 3 aromatic rings. The number of aliphatic hydroxyl groups is 1. The maximum Gasteiger partial charge on any atom is 0.251 e. The molecule has 0 bridgehead atoms. The van der Waals surface area contributed by atoms with E-state index in [1.807, 2.05) is 6.92 Å². The van der Waals surface area contributed by atoms with Crippen LogP contribution >= 0.6 is 0 Å². The molecule has 1 amide bonds. The van der Waals surface area contributed by atoms with E-state index in [1.54, 1.807) is 31.2 Å². The van der Waals surface area contributed by atoms with Gasteiger partial charge in [0.05, 0.1) is 29.0 Å². The molecule has 11 nitrogen and oxygen atoms in total. The number of nitrogens with one attached hydrogen (secondary N) is 3. The molecule has 1 heterocycles. The quantitative estimate of drug-likeness (QED) is 0.228. The highest BCUT2D eigenvalue weighted by Crippen LogP contribution is 2.25. The van der Waals surface area contributed by atoms with Gasteiger partial charge in [-0.3, -0.25) is 9.10 Å². The number of carbonyl (C=O) groups excluding carboxylic acids is 1. The van der Waals surface area contributed by atoms with Gasteiger partial charge >= 0.3 is 0 Å². The van der Waals surface area contributed by atoms with Crippen molar-refractivity contribution in [2.24, 2.45) is 0 Å². The molecule has 15 heteroatoms. The summed E-state index contributed by atoms with van der Waals surface area (Å²) in [6.07, 6.45) is -0.592. The summed E-state index contributed by atoms with van der Waals surface area (Å²) in [5.74, 6) is -2.37. The van der Waals surface area contributed by atoms with Gasteiger partial charge in [-0.25, -0.2) is 25.6 Å². The summed E-state index contributed by atoms with van der Waals surface area (Å²) in [5.41, 5.74) is 1.66. The normalized spacial score (nSPS) is 17.2. The van der Waals surface area contributed by atoms with E-state index in [0.29, 0.717) is 18.3 Å². The highest BCUT2D eigenvalue weighted by Gasteiger charge is 2.37. The van der Waals surface area contributed by atoms with Gasteiger partial charge in [0, 0.05) is 56.6 Å². The molecule has 0 spiro atoms. The van der Waals surface area contributed by atoms with Gasteiger partial charge in [0.1, 0.15) is 11.6 Å². The molecule has 1 saturated heterocycles. The van der Waals surface area contributed by atoms with Gasteiger partial charge in [-0.15, -0.1) is 0 Å². The van der Waals surface area contributed by atoms with Crippen LogP contribution in [0.3, 0.4) is 0 Å². The summed E-state index contributed by atoms with van der Waals surface area (Å²) < 4.78 is 81.9. The fourth-order valence-corrected chi connectivity index (χ4v) is 7.38. The first-order chi connectivity index (χ1) is 21.6. The number of carbonyl (C=O) groups is 1. The predicted molar refractivity (Wildman–Crippen MR) is 173 cm³/mol. The minimum Gasteiger partial charge on any atom is -0.389 e. The zero-order valence-electron chi connectivity index (χ0n) is 26.0. The third-order valence-corrected chi connectivity index (χ3v) is 10.8. The largest absolute Gasteiger partial charge is 0.389 e. The molecule has 0 aromatic heterocycles. The summed E-state index contributed by atoms with van der Waals surface area (Å²) in [7, 11) is -6.24. The Morgan fingerprint density at radius 1 is 1.09 bits per heavy atom. The Labute approximate surface area is 268 Å². The molecule has 250 valence electrons. The van der Waals surface area contributed by atoms with Crippen molar-refractivity contribution < 1.29 is 35.5 Å². The summed E-state index contributed by atoms with van der Waals surface area (Å²) in [6, 6.07) is 11.8. The molecule has 1 fully saturated rings. The molecule has 3 aromatic carbocycles. The third kappa shape index (κ3) is 8.59. The van der Waals surface area contributed by atoms with Crippen LogP contribution < -0.4 is 20.3 Å². The molecule has 1 aliphatic heterocycles. The van der Waals surface area contributed by atoms with E-state index in [-0.39, 0.29) is 47.8 Å². The monoisotopic (exact) mass is 679 g/mol. The fourth-order valence-electron chi connectivity index (χ4n) is 5.32. The Bertz CT molecular complexity index is 1770. The zero-order chi connectivity index (χ0) is 33.8. The Hall–Kier alpha value is -3.63. The second kappa shape index (κ2) is 14.4. The fraction of sp³-hybridized carbons (Fsp3) is 0.387. The zero-order valence-corrected chi connectivity index (χ0v) is 27.6. The molecule has 0 unspecified atom stereocenters. The number of piperazine rings is 1. The summed E-state index contributed by atoms with van der Waals surface area (Å²) >= 11 is 0.